The molecule has 0 radical (unpaired) electrons. The molecule has 0 N–H and O–H groups in total. The Hall–Kier alpha value is -0.240. The van der Waals surface area contributed by atoms with E-state index in [2.05, 4.69) is 20.8 Å². The fourth-order valence-corrected chi connectivity index (χ4v) is 1.69. The molecule has 0 rings (SSSR count). The van der Waals surface area contributed by atoms with Crippen LogP contribution in [0.25, 0.3) is 0 Å². The topological polar surface area (TPSA) is 20.3 Å². The summed E-state index contributed by atoms with van der Waals surface area (Å²) in [6.45, 7) is 11.0. The molecule has 0 aliphatic carbocycles. The highest BCUT2D eigenvalue weighted by molar-refractivity contribution is 6.19. The summed E-state index contributed by atoms with van der Waals surface area (Å²) in [5.74, 6) is 0.552. The van der Waals surface area contributed by atoms with Gasteiger partial charge < -0.3 is 4.90 Å². The quantitative estimate of drug-likeness (QED) is 0.497. The Morgan fingerprint density at radius 1 is 1.31 bits per heavy atom. The molecule has 0 atom stereocenters. The molecule has 3 heteroatoms. The Morgan fingerprint density at radius 3 is 2.25 bits per heavy atom. The molecule has 0 spiro atoms. The molecule has 0 saturated carbocycles. The van der Waals surface area contributed by atoms with Crippen LogP contribution in [0, 0.1) is 5.41 Å². The van der Waals surface area contributed by atoms with E-state index in [9.17, 15) is 4.79 Å². The normalized spacial score (nSPS) is 11.9. The van der Waals surface area contributed by atoms with Crippen LogP contribution in [0.15, 0.2) is 0 Å². The van der Waals surface area contributed by atoms with Gasteiger partial charge in [0.15, 0.2) is 0 Å². The van der Waals surface area contributed by atoms with Crippen molar-refractivity contribution in [3.05, 3.63) is 0 Å². The van der Waals surface area contributed by atoms with Crippen LogP contribution in [0.4, 0.5) is 0 Å². The van der Waals surface area contributed by atoms with Gasteiger partial charge in [0.2, 0.25) is 5.91 Å². The van der Waals surface area contributed by atoms with Crippen LogP contribution in [0.3, 0.4) is 0 Å². The predicted octanol–water partition coefficient (Wildman–Crippen LogP) is 3.68. The fraction of sp³-hybridized carbons (Fsp3) is 0.923. The summed E-state index contributed by atoms with van der Waals surface area (Å²) in [4.78, 5) is 14.2. The van der Waals surface area contributed by atoms with E-state index in [1.165, 1.54) is 12.8 Å². The standard InChI is InChI=1S/C13H26ClNO/c1-6-7-8-9-15(11(2)3)12(16)13(4,5)10-14/h11H,6-10H2,1-5H3. The van der Waals surface area contributed by atoms with Crippen LogP contribution in [0.2, 0.25) is 0 Å². The van der Waals surface area contributed by atoms with E-state index < -0.39 is 5.41 Å². The van der Waals surface area contributed by atoms with Crippen molar-refractivity contribution in [3.63, 3.8) is 0 Å². The maximum absolute atomic E-state index is 12.3. The summed E-state index contributed by atoms with van der Waals surface area (Å²) in [6, 6.07) is 0.256. The van der Waals surface area contributed by atoms with Crippen LogP contribution in [-0.4, -0.2) is 29.3 Å². The minimum atomic E-state index is -0.446. The predicted molar refractivity (Wildman–Crippen MR) is 70.9 cm³/mol. The van der Waals surface area contributed by atoms with E-state index in [1.54, 1.807) is 0 Å². The maximum atomic E-state index is 12.3. The lowest BCUT2D eigenvalue weighted by Crippen LogP contribution is -2.46. The molecule has 16 heavy (non-hydrogen) atoms. The van der Waals surface area contributed by atoms with Gasteiger partial charge in [0, 0.05) is 18.5 Å². The summed E-state index contributed by atoms with van der Waals surface area (Å²) in [5.41, 5.74) is -0.446. The smallest absolute Gasteiger partial charge is 0.229 e. The highest BCUT2D eigenvalue weighted by Crippen LogP contribution is 2.22. The van der Waals surface area contributed by atoms with E-state index >= 15 is 0 Å². The largest absolute Gasteiger partial charge is 0.340 e. The number of halogens is 1. The monoisotopic (exact) mass is 247 g/mol. The number of amides is 1. The van der Waals surface area contributed by atoms with Crippen molar-refractivity contribution in [2.45, 2.75) is 59.9 Å². The lowest BCUT2D eigenvalue weighted by atomic mass is 9.93. The lowest BCUT2D eigenvalue weighted by molar-refractivity contribution is -0.141. The number of rotatable bonds is 7. The van der Waals surface area contributed by atoms with E-state index in [4.69, 9.17) is 11.6 Å². The Bertz CT molecular complexity index is 214. The summed E-state index contributed by atoms with van der Waals surface area (Å²) >= 11 is 5.85. The van der Waals surface area contributed by atoms with Crippen molar-refractivity contribution in [2.75, 3.05) is 12.4 Å². The number of carbonyl (C=O) groups is 1. The number of hydrogen-bond acceptors (Lipinski definition) is 1. The van der Waals surface area contributed by atoms with Crippen LogP contribution in [-0.2, 0) is 4.79 Å². The van der Waals surface area contributed by atoms with Crippen LogP contribution < -0.4 is 0 Å². The zero-order valence-corrected chi connectivity index (χ0v) is 12.1. The summed E-state index contributed by atoms with van der Waals surface area (Å²) < 4.78 is 0. The van der Waals surface area contributed by atoms with Crippen molar-refractivity contribution in [3.8, 4) is 0 Å². The van der Waals surface area contributed by atoms with Gasteiger partial charge in [-0.3, -0.25) is 4.79 Å². The Labute approximate surface area is 105 Å². The van der Waals surface area contributed by atoms with Gasteiger partial charge in [0.25, 0.3) is 0 Å². The average molecular weight is 248 g/mol. The second kappa shape index (κ2) is 7.16. The molecule has 0 aromatic rings. The molecule has 0 bridgehead atoms. The highest BCUT2D eigenvalue weighted by Gasteiger charge is 2.32. The third-order valence-corrected chi connectivity index (χ3v) is 3.47. The first-order valence-electron chi connectivity index (χ1n) is 6.23. The van der Waals surface area contributed by atoms with E-state index in [0.717, 1.165) is 13.0 Å². The molecule has 0 aliphatic heterocycles. The van der Waals surface area contributed by atoms with E-state index in [0.29, 0.717) is 5.88 Å². The molecule has 0 unspecified atom stereocenters. The first-order chi connectivity index (χ1) is 7.36. The van der Waals surface area contributed by atoms with Crippen molar-refractivity contribution in [1.29, 1.82) is 0 Å². The molecule has 0 saturated heterocycles. The van der Waals surface area contributed by atoms with E-state index in [-0.39, 0.29) is 11.9 Å². The zero-order chi connectivity index (χ0) is 12.8. The minimum absolute atomic E-state index is 0.175. The average Bonchev–Trinajstić information content (AvgIpc) is 2.23. The molecule has 1 amide bonds. The van der Waals surface area contributed by atoms with Crippen LogP contribution in [0.5, 0.6) is 0 Å². The number of carbonyl (C=O) groups excluding carboxylic acids is 1. The van der Waals surface area contributed by atoms with Crippen molar-refractivity contribution < 1.29 is 4.79 Å². The van der Waals surface area contributed by atoms with Crippen molar-refractivity contribution in [1.82, 2.24) is 4.90 Å². The highest BCUT2D eigenvalue weighted by atomic mass is 35.5. The van der Waals surface area contributed by atoms with E-state index in [1.807, 2.05) is 18.7 Å². The van der Waals surface area contributed by atoms with Crippen LogP contribution in [0.1, 0.15) is 53.9 Å². The third-order valence-electron chi connectivity index (χ3n) is 2.80. The molecule has 0 fully saturated rings. The number of alkyl halides is 1. The van der Waals surface area contributed by atoms with Crippen molar-refractivity contribution >= 4 is 17.5 Å². The molecule has 0 heterocycles. The van der Waals surface area contributed by atoms with Gasteiger partial charge >= 0.3 is 0 Å². The van der Waals surface area contributed by atoms with Gasteiger partial charge in [-0.2, -0.15) is 0 Å². The minimum Gasteiger partial charge on any atom is -0.340 e. The molecular formula is C13H26ClNO. The van der Waals surface area contributed by atoms with Gasteiger partial charge in [-0.1, -0.05) is 19.8 Å². The second-order valence-corrected chi connectivity index (χ2v) is 5.58. The Morgan fingerprint density at radius 2 is 1.88 bits per heavy atom. The second-order valence-electron chi connectivity index (χ2n) is 5.32. The Kier molecular flexibility index (Phi) is 7.05. The molecule has 0 aromatic heterocycles. The zero-order valence-electron chi connectivity index (χ0n) is 11.3. The van der Waals surface area contributed by atoms with Crippen molar-refractivity contribution in [2.24, 2.45) is 5.41 Å². The fourth-order valence-electron chi connectivity index (χ4n) is 1.57. The first-order valence-corrected chi connectivity index (χ1v) is 6.77. The van der Waals surface area contributed by atoms with Gasteiger partial charge in [-0.15, -0.1) is 11.6 Å². The van der Waals surface area contributed by atoms with Gasteiger partial charge in [0.05, 0.1) is 5.41 Å². The number of hydrogen-bond donors (Lipinski definition) is 0. The lowest BCUT2D eigenvalue weighted by Gasteiger charge is -2.33. The first kappa shape index (κ1) is 15.8. The maximum Gasteiger partial charge on any atom is 0.229 e. The Balaban J connectivity index is 4.47. The summed E-state index contributed by atoms with van der Waals surface area (Å²) in [6.07, 6.45) is 3.44. The molecule has 2 nitrogen and oxygen atoms in total. The molecule has 0 aliphatic rings. The number of nitrogens with zero attached hydrogens (tertiary/aromatic N) is 1. The molecule has 0 aromatic carbocycles. The summed E-state index contributed by atoms with van der Waals surface area (Å²) in [7, 11) is 0. The molecular weight excluding hydrogens is 222 g/mol. The van der Waals surface area contributed by atoms with Gasteiger partial charge in [-0.05, 0) is 34.1 Å². The van der Waals surface area contributed by atoms with Gasteiger partial charge in [-0.25, -0.2) is 0 Å². The number of unbranched alkanes of at least 4 members (excludes halogenated alkanes) is 2. The summed E-state index contributed by atoms with van der Waals surface area (Å²) in [5, 5.41) is 0. The molecule has 96 valence electrons. The van der Waals surface area contributed by atoms with Gasteiger partial charge in [0.1, 0.15) is 0 Å². The van der Waals surface area contributed by atoms with Crippen LogP contribution >= 0.6 is 11.6 Å². The third kappa shape index (κ3) is 4.73. The SMILES string of the molecule is CCCCCN(C(=O)C(C)(C)CCl)C(C)C.